The Kier molecular flexibility index (Phi) is 19.3. The van der Waals surface area contributed by atoms with Crippen molar-refractivity contribution in [1.29, 1.82) is 0 Å². The summed E-state index contributed by atoms with van der Waals surface area (Å²) in [5.74, 6) is -6.14. The summed E-state index contributed by atoms with van der Waals surface area (Å²) in [5, 5.41) is 19.0. The van der Waals surface area contributed by atoms with Gasteiger partial charge in [-0.3, -0.25) is 57.7 Å². The van der Waals surface area contributed by atoms with E-state index in [1.54, 1.807) is 36.4 Å². The molecular formula is C49H63N9O14. The van der Waals surface area contributed by atoms with E-state index in [4.69, 9.17) is 14.2 Å². The molecule has 0 bridgehead atoms. The number of anilines is 2. The van der Waals surface area contributed by atoms with E-state index in [9.17, 15) is 52.7 Å². The molecule has 1 unspecified atom stereocenters. The van der Waals surface area contributed by atoms with Crippen molar-refractivity contribution in [2.24, 2.45) is 11.8 Å². The zero-order valence-corrected chi connectivity index (χ0v) is 40.6. The van der Waals surface area contributed by atoms with Gasteiger partial charge in [-0.25, -0.2) is 4.79 Å². The van der Waals surface area contributed by atoms with Crippen molar-refractivity contribution in [3.63, 3.8) is 0 Å². The number of benzene rings is 2. The van der Waals surface area contributed by atoms with Crippen LogP contribution in [-0.4, -0.2) is 152 Å². The summed E-state index contributed by atoms with van der Waals surface area (Å²) < 4.78 is 16.5. The van der Waals surface area contributed by atoms with E-state index in [0.29, 0.717) is 36.4 Å². The molecule has 0 aromatic heterocycles. The van der Waals surface area contributed by atoms with Crippen molar-refractivity contribution < 1.29 is 67.0 Å². The molecule has 7 N–H and O–H groups in total. The minimum Gasteiger partial charge on any atom is -0.445 e. The molecular weight excluding hydrogens is 939 g/mol. The number of ether oxygens (including phenoxy) is 3. The second-order valence-corrected chi connectivity index (χ2v) is 18.4. The SMILES string of the molecule is CC(C)C[C@H](NC(=O)OCc1ccc(NC(=O)CCC(=O)NCCOCCOCCNc2cccc3c2C(=O)N(C2CCC(=O)N(C)C2=O)C3=O)cc1)C(=O)N[C@@H](C[C@@H]1CCNC1=O)C(=O)C(=O)NC1CC1. The highest BCUT2D eigenvalue weighted by Gasteiger charge is 2.47. The highest BCUT2D eigenvalue weighted by Crippen LogP contribution is 2.33. The third-order valence-corrected chi connectivity index (χ3v) is 12.3. The summed E-state index contributed by atoms with van der Waals surface area (Å²) in [6, 6.07) is 7.76. The highest BCUT2D eigenvalue weighted by molar-refractivity contribution is 6.38. The normalized spacial score (nSPS) is 18.2. The van der Waals surface area contributed by atoms with E-state index in [1.807, 2.05) is 13.8 Å². The molecule has 3 heterocycles. The fourth-order valence-corrected chi connectivity index (χ4v) is 8.27. The number of imide groups is 2. The first-order valence-corrected chi connectivity index (χ1v) is 24.2. The topological polar surface area (TPSA) is 306 Å². The number of hydrogen-bond acceptors (Lipinski definition) is 15. The monoisotopic (exact) mass is 1000 g/mol. The predicted octanol–water partition coefficient (Wildman–Crippen LogP) is 0.910. The molecule has 3 fully saturated rings. The van der Waals surface area contributed by atoms with Gasteiger partial charge in [0.1, 0.15) is 18.7 Å². The lowest BCUT2D eigenvalue weighted by molar-refractivity contribution is -0.149. The number of alkyl carbamates (subject to hydrolysis) is 1. The summed E-state index contributed by atoms with van der Waals surface area (Å²) in [6.07, 6.45) is 1.18. The molecule has 72 heavy (non-hydrogen) atoms. The molecule has 0 radical (unpaired) electrons. The van der Waals surface area contributed by atoms with Gasteiger partial charge in [0.05, 0.1) is 43.6 Å². The van der Waals surface area contributed by atoms with Crippen LogP contribution in [0.5, 0.6) is 0 Å². The Hall–Kier alpha value is -7.27. The van der Waals surface area contributed by atoms with Gasteiger partial charge in [-0.15, -0.1) is 0 Å². The highest BCUT2D eigenvalue weighted by atomic mass is 16.5. The van der Waals surface area contributed by atoms with Gasteiger partial charge in [-0.05, 0) is 74.3 Å². The van der Waals surface area contributed by atoms with Crippen molar-refractivity contribution in [2.45, 2.75) is 102 Å². The minimum absolute atomic E-state index is 0.0505. The molecule has 388 valence electrons. The lowest BCUT2D eigenvalue weighted by Gasteiger charge is -2.32. The van der Waals surface area contributed by atoms with Crippen LogP contribution in [0.1, 0.15) is 97.9 Å². The number of likely N-dealkylation sites (tertiary alicyclic amines) is 1. The molecule has 4 atom stereocenters. The summed E-state index contributed by atoms with van der Waals surface area (Å²) >= 11 is 0. The van der Waals surface area contributed by atoms with Crippen LogP contribution in [-0.2, 0) is 59.2 Å². The Bertz CT molecular complexity index is 2390. The summed E-state index contributed by atoms with van der Waals surface area (Å²) in [7, 11) is 1.33. The molecule has 2 aromatic rings. The van der Waals surface area contributed by atoms with E-state index >= 15 is 0 Å². The number of fused-ring (bicyclic) bond motifs is 1. The number of nitrogens with one attached hydrogen (secondary N) is 7. The molecule has 0 spiro atoms. The number of Topliss-reactive ketones (excluding diaryl/α,β-unsaturated/α-hetero) is 1. The van der Waals surface area contributed by atoms with Gasteiger partial charge in [-0.2, -0.15) is 0 Å². The largest absolute Gasteiger partial charge is 0.445 e. The lowest BCUT2D eigenvalue weighted by Crippen LogP contribution is -2.55. The summed E-state index contributed by atoms with van der Waals surface area (Å²) in [6.45, 7) is 5.38. The lowest BCUT2D eigenvalue weighted by atomic mass is 9.94. The molecule has 23 heteroatoms. The molecule has 6 rings (SSSR count). The summed E-state index contributed by atoms with van der Waals surface area (Å²) in [4.78, 5) is 142. The third-order valence-electron chi connectivity index (χ3n) is 12.3. The maximum Gasteiger partial charge on any atom is 0.408 e. The molecule has 2 saturated heterocycles. The number of ketones is 1. The predicted molar refractivity (Wildman–Crippen MR) is 256 cm³/mol. The van der Waals surface area contributed by atoms with Crippen LogP contribution in [0.2, 0.25) is 0 Å². The standard InChI is InChI=1S/C49H63N9O14/c1-28(2)25-36(44(64)55-35(26-30-17-18-52-43(30)63)42(62)45(65)54-32-11-12-32)56-49(69)72-27-29-7-9-31(10-8-29)53-39(60)15-14-38(59)51-20-22-71-24-23-70-21-19-50-34-6-4-5-33-41(34)48(68)58(46(33)66)37-13-16-40(61)57(3)47(37)67/h4-10,28,30,32,35-37,50H,11-27H2,1-3H3,(H,51,59)(H,52,63)(H,53,60)(H,54,65)(H,55,64)(H,56,69)/t30-,35-,36-,37?/m0/s1. The first kappa shape index (κ1) is 54.1. The number of likely N-dealkylation sites (N-methyl/N-ethyl adjacent to an activating group) is 1. The number of hydrogen-bond donors (Lipinski definition) is 7. The van der Waals surface area contributed by atoms with Crippen LogP contribution >= 0.6 is 0 Å². The second-order valence-electron chi connectivity index (χ2n) is 18.4. The van der Waals surface area contributed by atoms with Crippen molar-refractivity contribution >= 4 is 76.4 Å². The summed E-state index contributed by atoms with van der Waals surface area (Å²) in [5.41, 5.74) is 1.77. The van der Waals surface area contributed by atoms with Crippen LogP contribution in [0.15, 0.2) is 42.5 Å². The Morgan fingerprint density at radius 1 is 0.792 bits per heavy atom. The number of amides is 10. The number of piperidine rings is 1. The third kappa shape index (κ3) is 15.1. The average molecular weight is 1000 g/mol. The van der Waals surface area contributed by atoms with Gasteiger partial charge < -0.3 is 51.4 Å². The Morgan fingerprint density at radius 2 is 1.50 bits per heavy atom. The smallest absolute Gasteiger partial charge is 0.408 e. The number of nitrogens with zero attached hydrogens (tertiary/aromatic N) is 2. The molecule has 23 nitrogen and oxygen atoms in total. The number of rotatable bonds is 27. The van der Waals surface area contributed by atoms with E-state index in [0.717, 1.165) is 22.6 Å². The maximum atomic E-state index is 13.5. The number of carbonyl (C=O) groups is 11. The molecule has 10 amide bonds. The van der Waals surface area contributed by atoms with Gasteiger partial charge >= 0.3 is 6.09 Å². The van der Waals surface area contributed by atoms with E-state index in [1.165, 1.54) is 13.1 Å². The fraction of sp³-hybridized carbons (Fsp3) is 0.531. The van der Waals surface area contributed by atoms with Gasteiger partial charge in [0, 0.05) is 69.3 Å². The van der Waals surface area contributed by atoms with E-state index < -0.39 is 71.4 Å². The second kappa shape index (κ2) is 25.7. The van der Waals surface area contributed by atoms with Crippen molar-refractivity contribution in [2.75, 3.05) is 63.7 Å². The molecule has 1 aliphatic carbocycles. The Labute approximate surface area is 415 Å². The van der Waals surface area contributed by atoms with Gasteiger partial charge in [0.2, 0.25) is 35.3 Å². The Balaban J connectivity index is 0.817. The number of carbonyl (C=O) groups excluding carboxylic acids is 11. The van der Waals surface area contributed by atoms with Gasteiger partial charge in [0.15, 0.2) is 0 Å². The molecule has 2 aromatic carbocycles. The van der Waals surface area contributed by atoms with E-state index in [2.05, 4.69) is 37.2 Å². The Morgan fingerprint density at radius 3 is 2.18 bits per heavy atom. The zero-order chi connectivity index (χ0) is 51.9. The fourth-order valence-electron chi connectivity index (χ4n) is 8.27. The first-order chi connectivity index (χ1) is 34.5. The van der Waals surface area contributed by atoms with Gasteiger partial charge in [0.25, 0.3) is 23.6 Å². The van der Waals surface area contributed by atoms with Crippen molar-refractivity contribution in [1.82, 2.24) is 36.4 Å². The van der Waals surface area contributed by atoms with Crippen LogP contribution in [0.25, 0.3) is 0 Å². The first-order valence-electron chi connectivity index (χ1n) is 24.2. The zero-order valence-electron chi connectivity index (χ0n) is 40.6. The molecule has 4 aliphatic rings. The van der Waals surface area contributed by atoms with Crippen LogP contribution in [0.3, 0.4) is 0 Å². The maximum absolute atomic E-state index is 13.5. The quantitative estimate of drug-likeness (QED) is 0.0372. The van der Waals surface area contributed by atoms with Crippen LogP contribution in [0, 0.1) is 11.8 Å². The van der Waals surface area contributed by atoms with Crippen molar-refractivity contribution in [3.05, 3.63) is 59.2 Å². The minimum atomic E-state index is -1.27. The molecule has 1 saturated carbocycles. The van der Waals surface area contributed by atoms with Gasteiger partial charge in [-0.1, -0.05) is 32.0 Å². The average Bonchev–Trinajstić information content (AvgIpc) is 4.02. The van der Waals surface area contributed by atoms with Crippen LogP contribution in [0.4, 0.5) is 16.2 Å². The van der Waals surface area contributed by atoms with E-state index in [-0.39, 0.29) is 119 Å². The van der Waals surface area contributed by atoms with Crippen molar-refractivity contribution in [3.8, 4) is 0 Å². The van der Waals surface area contributed by atoms with Crippen LogP contribution < -0.4 is 37.2 Å². The molecule has 3 aliphatic heterocycles.